The van der Waals surface area contributed by atoms with Crippen molar-refractivity contribution in [3.05, 3.63) is 29.8 Å². The average Bonchev–Trinajstić information content (AvgIpc) is 2.60. The number of para-hydroxylation sites is 1. The Balaban J connectivity index is 1.88. The fourth-order valence-electron chi connectivity index (χ4n) is 2.82. The van der Waals surface area contributed by atoms with E-state index in [4.69, 9.17) is 4.74 Å². The van der Waals surface area contributed by atoms with E-state index in [0.29, 0.717) is 6.54 Å². The first kappa shape index (κ1) is 18.4. The molecule has 0 unspecified atom stereocenters. The van der Waals surface area contributed by atoms with Crippen LogP contribution in [0.4, 0.5) is 5.69 Å². The van der Waals surface area contributed by atoms with Gasteiger partial charge in [0.15, 0.2) is 0 Å². The van der Waals surface area contributed by atoms with Gasteiger partial charge in [0.2, 0.25) is 11.8 Å². The third kappa shape index (κ3) is 5.32. The Hall–Kier alpha value is -1.92. The van der Waals surface area contributed by atoms with E-state index in [9.17, 15) is 9.59 Å². The molecule has 6 nitrogen and oxygen atoms in total. The van der Waals surface area contributed by atoms with Gasteiger partial charge in [0.25, 0.3) is 0 Å². The molecule has 1 aromatic carbocycles. The summed E-state index contributed by atoms with van der Waals surface area (Å²) in [6.45, 7) is 8.28. The molecule has 1 N–H and O–H groups in total. The molecule has 1 aromatic rings. The van der Waals surface area contributed by atoms with E-state index in [0.717, 1.165) is 50.5 Å². The van der Waals surface area contributed by atoms with Gasteiger partial charge >= 0.3 is 0 Å². The maximum Gasteiger partial charge on any atom is 0.240 e. The summed E-state index contributed by atoms with van der Waals surface area (Å²) in [5.74, 6) is -0.261. The van der Waals surface area contributed by atoms with Crippen LogP contribution in [0.25, 0.3) is 0 Å². The minimum absolute atomic E-state index is 0.0510. The van der Waals surface area contributed by atoms with Crippen molar-refractivity contribution in [3.63, 3.8) is 0 Å². The molecule has 0 saturated carbocycles. The van der Waals surface area contributed by atoms with Gasteiger partial charge in [-0.2, -0.15) is 0 Å². The molecule has 0 radical (unpaired) electrons. The number of rotatable bonds is 7. The average molecular weight is 333 g/mol. The number of ether oxygens (including phenoxy) is 1. The zero-order chi connectivity index (χ0) is 17.4. The summed E-state index contributed by atoms with van der Waals surface area (Å²) in [7, 11) is 0. The summed E-state index contributed by atoms with van der Waals surface area (Å²) in [5.41, 5.74) is 1.88. The lowest BCUT2D eigenvalue weighted by molar-refractivity contribution is -0.123. The Bertz CT molecular complexity index is 556. The van der Waals surface area contributed by atoms with Crippen molar-refractivity contribution in [2.24, 2.45) is 0 Å². The molecule has 1 fully saturated rings. The van der Waals surface area contributed by atoms with Crippen molar-refractivity contribution >= 4 is 17.5 Å². The molecule has 0 bridgehead atoms. The summed E-state index contributed by atoms with van der Waals surface area (Å²) in [4.78, 5) is 28.0. The van der Waals surface area contributed by atoms with Crippen LogP contribution in [-0.4, -0.2) is 62.7 Å². The highest BCUT2D eigenvalue weighted by Crippen LogP contribution is 2.20. The third-order valence-corrected chi connectivity index (χ3v) is 4.20. The van der Waals surface area contributed by atoms with Gasteiger partial charge in [-0.05, 0) is 18.1 Å². The minimum Gasteiger partial charge on any atom is -0.379 e. The third-order valence-electron chi connectivity index (χ3n) is 4.20. The first-order valence-electron chi connectivity index (χ1n) is 8.54. The number of hydrogen-bond donors (Lipinski definition) is 1. The Morgan fingerprint density at radius 1 is 1.25 bits per heavy atom. The fourth-order valence-corrected chi connectivity index (χ4v) is 2.82. The predicted molar refractivity (Wildman–Crippen MR) is 94.1 cm³/mol. The number of hydrogen-bond acceptors (Lipinski definition) is 4. The van der Waals surface area contributed by atoms with E-state index < -0.39 is 0 Å². The van der Waals surface area contributed by atoms with Crippen LogP contribution in [0.5, 0.6) is 0 Å². The van der Waals surface area contributed by atoms with Crippen molar-refractivity contribution < 1.29 is 14.3 Å². The molecule has 0 aliphatic carbocycles. The van der Waals surface area contributed by atoms with Crippen LogP contribution in [0.3, 0.4) is 0 Å². The van der Waals surface area contributed by atoms with Crippen LogP contribution >= 0.6 is 0 Å². The van der Waals surface area contributed by atoms with E-state index in [-0.39, 0.29) is 18.4 Å². The highest BCUT2D eigenvalue weighted by atomic mass is 16.5. The lowest BCUT2D eigenvalue weighted by atomic mass is 10.1. The molecule has 1 saturated heterocycles. The van der Waals surface area contributed by atoms with Crippen molar-refractivity contribution in [1.29, 1.82) is 0 Å². The number of carbonyl (C=O) groups excluding carboxylic acids is 2. The number of amides is 2. The van der Waals surface area contributed by atoms with E-state index in [1.54, 1.807) is 4.90 Å². The fraction of sp³-hybridized carbons (Fsp3) is 0.556. The second kappa shape index (κ2) is 9.39. The molecule has 0 spiro atoms. The monoisotopic (exact) mass is 333 g/mol. The van der Waals surface area contributed by atoms with Gasteiger partial charge in [-0.3, -0.25) is 14.5 Å². The predicted octanol–water partition coefficient (Wildman–Crippen LogP) is 1.05. The highest BCUT2D eigenvalue weighted by Gasteiger charge is 2.18. The number of aryl methyl sites for hydroxylation is 1. The SMILES string of the molecule is CCc1ccccc1N(CC(=O)NCCN1CCOCC1)C(C)=O. The largest absolute Gasteiger partial charge is 0.379 e. The molecule has 1 heterocycles. The molecule has 2 amide bonds. The minimum atomic E-state index is -0.135. The van der Waals surface area contributed by atoms with Crippen LogP contribution in [-0.2, 0) is 20.7 Å². The second-order valence-electron chi connectivity index (χ2n) is 5.89. The summed E-state index contributed by atoms with van der Waals surface area (Å²) >= 11 is 0. The maximum absolute atomic E-state index is 12.2. The van der Waals surface area contributed by atoms with Crippen LogP contribution in [0.15, 0.2) is 24.3 Å². The Morgan fingerprint density at radius 2 is 1.96 bits per heavy atom. The number of benzene rings is 1. The number of carbonyl (C=O) groups is 2. The van der Waals surface area contributed by atoms with Crippen molar-refractivity contribution in [3.8, 4) is 0 Å². The summed E-state index contributed by atoms with van der Waals surface area (Å²) in [6, 6.07) is 7.71. The summed E-state index contributed by atoms with van der Waals surface area (Å²) in [5, 5.41) is 2.91. The zero-order valence-electron chi connectivity index (χ0n) is 14.6. The molecule has 24 heavy (non-hydrogen) atoms. The zero-order valence-corrected chi connectivity index (χ0v) is 14.6. The Morgan fingerprint density at radius 3 is 2.62 bits per heavy atom. The molecule has 0 aromatic heterocycles. The van der Waals surface area contributed by atoms with Crippen LogP contribution in [0, 0.1) is 0 Å². The van der Waals surface area contributed by atoms with Gasteiger partial charge in [0.1, 0.15) is 6.54 Å². The maximum atomic E-state index is 12.2. The van der Waals surface area contributed by atoms with Crippen LogP contribution < -0.4 is 10.2 Å². The quantitative estimate of drug-likeness (QED) is 0.810. The lowest BCUT2D eigenvalue weighted by Crippen LogP contribution is -2.44. The van der Waals surface area contributed by atoms with Crippen LogP contribution in [0.1, 0.15) is 19.4 Å². The van der Waals surface area contributed by atoms with Crippen molar-refractivity contribution in [1.82, 2.24) is 10.2 Å². The van der Waals surface area contributed by atoms with E-state index in [2.05, 4.69) is 10.2 Å². The molecule has 6 heteroatoms. The molecule has 2 rings (SSSR count). The standard InChI is InChI=1S/C18H27N3O3/c1-3-16-6-4-5-7-17(16)21(15(2)22)14-18(23)19-8-9-20-10-12-24-13-11-20/h4-7H,3,8-14H2,1-2H3,(H,19,23). The normalized spacial score (nSPS) is 15.1. The lowest BCUT2D eigenvalue weighted by Gasteiger charge is -2.27. The molecule has 0 atom stereocenters. The number of nitrogens with one attached hydrogen (secondary N) is 1. The van der Waals surface area contributed by atoms with Gasteiger partial charge in [-0.15, -0.1) is 0 Å². The van der Waals surface area contributed by atoms with Gasteiger partial charge in [0, 0.05) is 38.8 Å². The van der Waals surface area contributed by atoms with Crippen LogP contribution in [0.2, 0.25) is 0 Å². The molecular formula is C18H27N3O3. The van der Waals surface area contributed by atoms with E-state index in [1.807, 2.05) is 31.2 Å². The number of morpholine rings is 1. The molecule has 132 valence electrons. The highest BCUT2D eigenvalue weighted by molar-refractivity contribution is 5.98. The summed E-state index contributed by atoms with van der Waals surface area (Å²) < 4.78 is 5.30. The van der Waals surface area contributed by atoms with Gasteiger partial charge < -0.3 is 15.0 Å². The Kier molecular flexibility index (Phi) is 7.21. The van der Waals surface area contributed by atoms with Gasteiger partial charge in [-0.25, -0.2) is 0 Å². The summed E-state index contributed by atoms with van der Waals surface area (Å²) in [6.07, 6.45) is 0.818. The second-order valence-corrected chi connectivity index (χ2v) is 5.89. The first-order chi connectivity index (χ1) is 11.6. The van der Waals surface area contributed by atoms with Crippen molar-refractivity contribution in [2.75, 3.05) is 50.8 Å². The van der Waals surface area contributed by atoms with Gasteiger partial charge in [0.05, 0.1) is 13.2 Å². The van der Waals surface area contributed by atoms with Gasteiger partial charge in [-0.1, -0.05) is 25.1 Å². The van der Waals surface area contributed by atoms with E-state index >= 15 is 0 Å². The smallest absolute Gasteiger partial charge is 0.240 e. The molecule has 1 aliphatic heterocycles. The molecular weight excluding hydrogens is 306 g/mol. The number of nitrogens with zero attached hydrogens (tertiary/aromatic N) is 2. The number of anilines is 1. The Labute approximate surface area is 143 Å². The first-order valence-corrected chi connectivity index (χ1v) is 8.54. The van der Waals surface area contributed by atoms with Crippen molar-refractivity contribution in [2.45, 2.75) is 20.3 Å². The molecule has 1 aliphatic rings. The van der Waals surface area contributed by atoms with E-state index in [1.165, 1.54) is 6.92 Å². The topological polar surface area (TPSA) is 61.9 Å².